The number of nitrogens with one attached hydrogen (secondary N) is 1. The van der Waals surface area contributed by atoms with Crippen molar-refractivity contribution < 1.29 is 14.7 Å². The van der Waals surface area contributed by atoms with Crippen molar-refractivity contribution >= 4 is 34.4 Å². The highest BCUT2D eigenvalue weighted by molar-refractivity contribution is 6.38. The quantitative estimate of drug-likeness (QED) is 0.486. The normalized spacial score (nSPS) is 24.4. The van der Waals surface area contributed by atoms with Crippen LogP contribution in [0.3, 0.4) is 0 Å². The van der Waals surface area contributed by atoms with Crippen LogP contribution in [0.4, 0.5) is 0 Å². The van der Waals surface area contributed by atoms with Crippen LogP contribution in [0.2, 0.25) is 5.02 Å². The molecule has 0 unspecified atom stereocenters. The first kappa shape index (κ1) is 21.9. The molecule has 1 aromatic heterocycles. The molecule has 3 saturated carbocycles. The van der Waals surface area contributed by atoms with E-state index in [0.29, 0.717) is 48.4 Å². The number of halogens is 1. The topological polar surface area (TPSA) is 79.3 Å². The minimum absolute atomic E-state index is 0.208. The van der Waals surface area contributed by atoms with Gasteiger partial charge in [0.15, 0.2) is 0 Å². The molecule has 2 aromatic carbocycles. The maximum absolute atomic E-state index is 13.8. The van der Waals surface area contributed by atoms with E-state index in [1.165, 1.54) is 0 Å². The van der Waals surface area contributed by atoms with Gasteiger partial charge in [-0.05, 0) is 64.0 Å². The van der Waals surface area contributed by atoms with Gasteiger partial charge in [0.25, 0.3) is 5.91 Å². The first-order valence-corrected chi connectivity index (χ1v) is 11.9. The molecule has 33 heavy (non-hydrogen) atoms. The van der Waals surface area contributed by atoms with Gasteiger partial charge in [0.2, 0.25) is 0 Å². The van der Waals surface area contributed by atoms with E-state index < -0.39 is 11.4 Å². The van der Waals surface area contributed by atoms with Gasteiger partial charge in [0, 0.05) is 16.5 Å². The van der Waals surface area contributed by atoms with Gasteiger partial charge >= 0.3 is 5.97 Å². The van der Waals surface area contributed by atoms with Crippen LogP contribution in [0.5, 0.6) is 0 Å². The number of aryl methyl sites for hydroxylation is 1. The van der Waals surface area contributed by atoms with Crippen molar-refractivity contribution in [2.24, 2.45) is 5.41 Å². The number of carboxylic acid groups (broad SMARTS) is 1. The maximum Gasteiger partial charge on any atom is 0.309 e. The fraction of sp³-hybridized carbons (Fsp3) is 0.370. The van der Waals surface area contributed by atoms with Crippen LogP contribution in [0, 0.1) is 12.3 Å². The monoisotopic (exact) mass is 462 g/mol. The second-order valence-corrected chi connectivity index (χ2v) is 10.1. The molecule has 2 N–H and O–H groups in total. The lowest BCUT2D eigenvalue weighted by Gasteiger charge is -2.41. The Morgan fingerprint density at radius 1 is 1.00 bits per heavy atom. The highest BCUT2D eigenvalue weighted by atomic mass is 35.5. The number of amides is 1. The zero-order valence-electron chi connectivity index (χ0n) is 18.7. The van der Waals surface area contributed by atoms with E-state index in [1.807, 2.05) is 55.5 Å². The Kier molecular flexibility index (Phi) is 5.40. The zero-order valence-corrected chi connectivity index (χ0v) is 19.4. The molecule has 0 radical (unpaired) electrons. The summed E-state index contributed by atoms with van der Waals surface area (Å²) < 4.78 is 0. The number of nitrogens with zero attached hydrogens (tertiary/aromatic N) is 1. The van der Waals surface area contributed by atoms with Gasteiger partial charge in [0.1, 0.15) is 0 Å². The number of carbonyl (C=O) groups excluding carboxylic acids is 1. The Labute approximate surface area is 198 Å². The minimum Gasteiger partial charge on any atom is -0.481 e. The van der Waals surface area contributed by atoms with Crippen LogP contribution in [0.1, 0.15) is 60.9 Å². The summed E-state index contributed by atoms with van der Waals surface area (Å²) >= 11 is 6.88. The number of carbonyl (C=O) groups is 2. The van der Waals surface area contributed by atoms with Gasteiger partial charge in [-0.15, -0.1) is 0 Å². The smallest absolute Gasteiger partial charge is 0.309 e. The predicted octanol–water partition coefficient (Wildman–Crippen LogP) is 6.16. The summed E-state index contributed by atoms with van der Waals surface area (Å²) in [6.45, 7) is 1.98. The Morgan fingerprint density at radius 2 is 1.73 bits per heavy atom. The molecule has 6 rings (SSSR count). The summed E-state index contributed by atoms with van der Waals surface area (Å²) in [5, 5.41) is 14.2. The summed E-state index contributed by atoms with van der Waals surface area (Å²) in [6, 6.07) is 15.5. The molecule has 3 aliphatic carbocycles. The maximum atomic E-state index is 13.8. The summed E-state index contributed by atoms with van der Waals surface area (Å²) in [6.07, 6.45) is 4.82. The van der Waals surface area contributed by atoms with Crippen LogP contribution in [0.15, 0.2) is 48.5 Å². The molecule has 0 spiro atoms. The molecule has 1 heterocycles. The van der Waals surface area contributed by atoms with Crippen molar-refractivity contribution in [3.63, 3.8) is 0 Å². The molecule has 0 aliphatic heterocycles. The number of hydrogen-bond acceptors (Lipinski definition) is 3. The molecule has 6 heteroatoms. The first-order valence-electron chi connectivity index (χ1n) is 11.5. The van der Waals surface area contributed by atoms with E-state index in [9.17, 15) is 14.7 Å². The number of pyridine rings is 1. The lowest BCUT2D eigenvalue weighted by molar-refractivity contribution is -0.151. The van der Waals surface area contributed by atoms with Gasteiger partial charge in [-0.25, -0.2) is 4.98 Å². The fourth-order valence-corrected chi connectivity index (χ4v) is 5.99. The van der Waals surface area contributed by atoms with Crippen LogP contribution in [-0.2, 0) is 4.79 Å². The highest BCUT2D eigenvalue weighted by Gasteiger charge is 2.50. The van der Waals surface area contributed by atoms with E-state index in [-0.39, 0.29) is 11.4 Å². The van der Waals surface area contributed by atoms with Crippen molar-refractivity contribution in [2.75, 3.05) is 0 Å². The molecule has 2 bridgehead atoms. The van der Waals surface area contributed by atoms with E-state index in [1.54, 1.807) is 0 Å². The molecule has 3 aliphatic rings. The van der Waals surface area contributed by atoms with Gasteiger partial charge in [-0.2, -0.15) is 0 Å². The molecule has 3 aromatic rings. The van der Waals surface area contributed by atoms with E-state index in [4.69, 9.17) is 16.6 Å². The Hall–Kier alpha value is -2.92. The number of rotatable bonds is 4. The average molecular weight is 463 g/mol. The zero-order chi connectivity index (χ0) is 23.2. The summed E-state index contributed by atoms with van der Waals surface area (Å²) in [7, 11) is 0. The lowest BCUT2D eigenvalue weighted by atomic mass is 9.69. The van der Waals surface area contributed by atoms with Crippen LogP contribution < -0.4 is 5.32 Å². The first-order chi connectivity index (χ1) is 15.8. The molecular formula is C27H27ClN2O3. The lowest BCUT2D eigenvalue weighted by Crippen LogP contribution is -2.51. The number of aromatic nitrogens is 1. The molecular weight excluding hydrogens is 436 g/mol. The molecule has 0 saturated heterocycles. The van der Waals surface area contributed by atoms with Crippen molar-refractivity contribution in [3.05, 3.63) is 64.7 Å². The SMILES string of the molecule is Cc1ccc2nc(-c3ccccc3)c(Cl)c(C(=O)NC34CCCC(C(=O)O)(CC3)CC4)c2c1. The molecule has 3 fully saturated rings. The van der Waals surface area contributed by atoms with Crippen molar-refractivity contribution in [1.29, 1.82) is 0 Å². The highest BCUT2D eigenvalue weighted by Crippen LogP contribution is 2.50. The number of benzene rings is 2. The summed E-state index contributed by atoms with van der Waals surface area (Å²) in [4.78, 5) is 30.5. The van der Waals surface area contributed by atoms with E-state index in [0.717, 1.165) is 34.9 Å². The fourth-order valence-electron chi connectivity index (χ4n) is 5.65. The standard InChI is InChI=1S/C27H27ClN2O3/c1-17-8-9-20-19(16-17)21(22(28)23(29-20)18-6-3-2-4-7-18)24(31)30-27-11-5-10-26(12-14-27,13-15-27)25(32)33/h2-4,6-9,16H,5,10-15H2,1H3,(H,30,31)(H,32,33). The second-order valence-electron chi connectivity index (χ2n) is 9.71. The summed E-state index contributed by atoms with van der Waals surface area (Å²) in [5.41, 5.74) is 2.62. The van der Waals surface area contributed by atoms with Gasteiger partial charge < -0.3 is 10.4 Å². The van der Waals surface area contributed by atoms with Crippen molar-refractivity contribution in [2.45, 2.75) is 57.4 Å². The molecule has 5 nitrogen and oxygen atoms in total. The third kappa shape index (κ3) is 3.78. The third-order valence-corrected chi connectivity index (χ3v) is 8.03. The molecule has 1 amide bonds. The Morgan fingerprint density at radius 3 is 2.42 bits per heavy atom. The van der Waals surface area contributed by atoms with Crippen LogP contribution in [0.25, 0.3) is 22.2 Å². The molecule has 0 atom stereocenters. The van der Waals surface area contributed by atoms with Crippen molar-refractivity contribution in [3.8, 4) is 11.3 Å². The van der Waals surface area contributed by atoms with Gasteiger partial charge in [-0.3, -0.25) is 9.59 Å². The Bertz CT molecular complexity index is 1250. The predicted molar refractivity (Wildman–Crippen MR) is 130 cm³/mol. The van der Waals surface area contributed by atoms with Crippen molar-refractivity contribution in [1.82, 2.24) is 10.3 Å². The number of hydrogen-bond donors (Lipinski definition) is 2. The van der Waals surface area contributed by atoms with E-state index >= 15 is 0 Å². The number of carboxylic acids is 1. The van der Waals surface area contributed by atoms with Crippen LogP contribution in [-0.4, -0.2) is 27.5 Å². The number of fused-ring (bicyclic) bond motifs is 5. The Balaban J connectivity index is 1.57. The van der Waals surface area contributed by atoms with Gasteiger partial charge in [-0.1, -0.05) is 53.6 Å². The average Bonchev–Trinajstić information content (AvgIpc) is 3.10. The second kappa shape index (κ2) is 8.14. The third-order valence-electron chi connectivity index (χ3n) is 7.66. The molecule has 170 valence electrons. The van der Waals surface area contributed by atoms with Crippen LogP contribution >= 0.6 is 11.6 Å². The summed E-state index contributed by atoms with van der Waals surface area (Å²) in [5.74, 6) is -0.907. The van der Waals surface area contributed by atoms with Gasteiger partial charge in [0.05, 0.1) is 27.2 Å². The largest absolute Gasteiger partial charge is 0.481 e. The van der Waals surface area contributed by atoms with E-state index in [2.05, 4.69) is 5.32 Å². The number of aliphatic carboxylic acids is 1. The minimum atomic E-state index is -0.699.